The van der Waals surface area contributed by atoms with Crippen LogP contribution in [-0.4, -0.2) is 0 Å². The van der Waals surface area contributed by atoms with Crippen LogP contribution in [0.25, 0.3) is 0 Å². The first-order valence-electron chi connectivity index (χ1n) is 8.43. The van der Waals surface area contributed by atoms with E-state index in [0.717, 1.165) is 31.4 Å². The summed E-state index contributed by atoms with van der Waals surface area (Å²) >= 11 is 0.432. The lowest BCUT2D eigenvalue weighted by Gasteiger charge is -2.09. The minimum atomic E-state index is -0.826. The summed E-state index contributed by atoms with van der Waals surface area (Å²) in [6, 6.07) is 5.71. The molecule has 3 rings (SSSR count). The predicted molar refractivity (Wildman–Crippen MR) is 96.2 cm³/mol. The van der Waals surface area contributed by atoms with Crippen molar-refractivity contribution in [2.75, 3.05) is 0 Å². The van der Waals surface area contributed by atoms with E-state index in [9.17, 15) is 13.2 Å². The molecule has 2 aromatic rings. The molecule has 0 N–H and O–H groups in total. The highest BCUT2D eigenvalue weighted by Crippen LogP contribution is 2.43. The molecule has 0 aliphatic heterocycles. The lowest BCUT2D eigenvalue weighted by Crippen LogP contribution is -1.99. The second kappa shape index (κ2) is 7.89. The lowest BCUT2D eigenvalue weighted by atomic mass is 9.97. The number of thiocyanates is 1. The van der Waals surface area contributed by atoms with Crippen molar-refractivity contribution in [3.63, 3.8) is 0 Å². The van der Waals surface area contributed by atoms with Gasteiger partial charge in [0.2, 0.25) is 0 Å². The van der Waals surface area contributed by atoms with E-state index in [1.165, 1.54) is 0 Å². The summed E-state index contributed by atoms with van der Waals surface area (Å²) < 4.78 is 42.6. The maximum absolute atomic E-state index is 14.8. The van der Waals surface area contributed by atoms with Crippen molar-refractivity contribution in [2.24, 2.45) is 0 Å². The molecule has 0 heterocycles. The average molecular weight is 371 g/mol. The summed E-state index contributed by atoms with van der Waals surface area (Å²) in [7, 11) is 0. The minimum Gasteiger partial charge on any atom is -0.206 e. The number of benzene rings is 2. The summed E-state index contributed by atoms with van der Waals surface area (Å²) in [6.45, 7) is 2.00. The fourth-order valence-corrected chi connectivity index (χ4v) is 3.30. The second-order valence-corrected chi connectivity index (χ2v) is 7.03. The van der Waals surface area contributed by atoms with E-state index in [1.54, 1.807) is 17.5 Å². The van der Waals surface area contributed by atoms with Gasteiger partial charge in [-0.15, -0.1) is 0 Å². The smallest absolute Gasteiger partial charge is 0.142 e. The summed E-state index contributed by atoms with van der Waals surface area (Å²) in [5, 5.41) is 10.2. The van der Waals surface area contributed by atoms with Gasteiger partial charge in [-0.2, -0.15) is 5.26 Å². The summed E-state index contributed by atoms with van der Waals surface area (Å²) in [4.78, 5) is -0.341. The van der Waals surface area contributed by atoms with Crippen LogP contribution in [0.3, 0.4) is 0 Å². The molecule has 132 valence electrons. The number of aryl methyl sites for hydroxylation is 1. The largest absolute Gasteiger partial charge is 0.206 e. The van der Waals surface area contributed by atoms with Gasteiger partial charge < -0.3 is 0 Å². The van der Waals surface area contributed by atoms with Crippen LogP contribution in [-0.2, 0) is 6.42 Å². The molecule has 2 aromatic carbocycles. The Kier molecular flexibility index (Phi) is 5.59. The normalized spacial score (nSPS) is 13.0. The topological polar surface area (TPSA) is 23.8 Å². The van der Waals surface area contributed by atoms with E-state index in [-0.39, 0.29) is 22.2 Å². The standard InChI is InChI=1S/C21H16F3NS/c1-2-3-16-9-8-14(19(20(16)24)15-6-7-15)5-4-13-10-17(22)21(26-12-25)18(23)11-13/h8-11,15H,2-3,6-7H2,1H3. The van der Waals surface area contributed by atoms with Gasteiger partial charge in [0.05, 0.1) is 4.90 Å². The molecule has 1 aliphatic carbocycles. The Bertz CT molecular complexity index is 923. The van der Waals surface area contributed by atoms with Crippen LogP contribution in [0.2, 0.25) is 0 Å². The Hall–Kier alpha value is -2.37. The fraction of sp³-hybridized carbons (Fsp3) is 0.286. The van der Waals surface area contributed by atoms with Gasteiger partial charge >= 0.3 is 0 Å². The van der Waals surface area contributed by atoms with Crippen LogP contribution in [0, 0.1) is 40.0 Å². The third-order valence-corrected chi connectivity index (χ3v) is 4.94. The quantitative estimate of drug-likeness (QED) is 0.379. The van der Waals surface area contributed by atoms with E-state index in [0.29, 0.717) is 34.9 Å². The second-order valence-electron chi connectivity index (χ2n) is 6.24. The number of rotatable bonds is 4. The molecule has 0 spiro atoms. The zero-order valence-corrected chi connectivity index (χ0v) is 15.0. The van der Waals surface area contributed by atoms with Crippen LogP contribution in [0.5, 0.6) is 0 Å². The van der Waals surface area contributed by atoms with Gasteiger partial charge in [0, 0.05) is 16.7 Å². The van der Waals surface area contributed by atoms with E-state index >= 15 is 0 Å². The molecule has 1 saturated carbocycles. The number of halogens is 3. The third kappa shape index (κ3) is 3.89. The maximum atomic E-state index is 14.8. The lowest BCUT2D eigenvalue weighted by molar-refractivity contribution is 0.540. The molecule has 1 fully saturated rings. The highest BCUT2D eigenvalue weighted by atomic mass is 32.2. The van der Waals surface area contributed by atoms with Gasteiger partial charge in [0.15, 0.2) is 0 Å². The van der Waals surface area contributed by atoms with Gasteiger partial charge in [0.1, 0.15) is 22.9 Å². The summed E-state index contributed by atoms with van der Waals surface area (Å²) in [5.74, 6) is 3.93. The molecule has 1 nitrogen and oxygen atoms in total. The Balaban J connectivity index is 1.98. The van der Waals surface area contributed by atoms with Crippen molar-refractivity contribution in [3.8, 4) is 17.2 Å². The predicted octanol–water partition coefficient (Wildman–Crippen LogP) is 5.91. The molecule has 26 heavy (non-hydrogen) atoms. The zero-order valence-electron chi connectivity index (χ0n) is 14.2. The highest BCUT2D eigenvalue weighted by Gasteiger charge is 2.29. The molecule has 0 radical (unpaired) electrons. The Morgan fingerprint density at radius 2 is 1.81 bits per heavy atom. The maximum Gasteiger partial charge on any atom is 0.142 e. The van der Waals surface area contributed by atoms with E-state index in [2.05, 4.69) is 11.8 Å². The monoisotopic (exact) mass is 371 g/mol. The number of hydrogen-bond acceptors (Lipinski definition) is 2. The van der Waals surface area contributed by atoms with Gasteiger partial charge in [-0.25, -0.2) is 13.2 Å². The van der Waals surface area contributed by atoms with Crippen molar-refractivity contribution in [3.05, 3.63) is 64.0 Å². The number of thioether (sulfide) groups is 1. The van der Waals surface area contributed by atoms with Crippen LogP contribution in [0.1, 0.15) is 54.4 Å². The molecule has 0 unspecified atom stereocenters. The average Bonchev–Trinajstić information content (AvgIpc) is 3.43. The highest BCUT2D eigenvalue weighted by molar-refractivity contribution is 8.03. The van der Waals surface area contributed by atoms with E-state index in [1.807, 2.05) is 6.92 Å². The van der Waals surface area contributed by atoms with Crippen molar-refractivity contribution < 1.29 is 13.2 Å². The summed E-state index contributed by atoms with van der Waals surface area (Å²) in [5.41, 5.74) is 2.04. The Labute approximate surface area is 155 Å². The number of nitrogens with zero attached hydrogens (tertiary/aromatic N) is 1. The van der Waals surface area contributed by atoms with Gasteiger partial charge in [-0.1, -0.05) is 31.3 Å². The van der Waals surface area contributed by atoms with Gasteiger partial charge in [-0.05, 0) is 60.7 Å². The molecule has 0 atom stereocenters. The SMILES string of the molecule is CCCc1ccc(C#Cc2cc(F)c(SC#N)c(F)c2)c(C2CC2)c1F. The van der Waals surface area contributed by atoms with E-state index in [4.69, 9.17) is 5.26 Å². The van der Waals surface area contributed by atoms with Gasteiger partial charge in [-0.3, -0.25) is 0 Å². The first-order valence-corrected chi connectivity index (χ1v) is 9.25. The Morgan fingerprint density at radius 1 is 1.12 bits per heavy atom. The Morgan fingerprint density at radius 3 is 2.38 bits per heavy atom. The number of nitriles is 1. The first-order chi connectivity index (χ1) is 12.5. The molecule has 1 aliphatic rings. The van der Waals surface area contributed by atoms with Crippen molar-refractivity contribution in [1.29, 1.82) is 5.26 Å². The molecule has 0 saturated heterocycles. The molecule has 0 amide bonds. The summed E-state index contributed by atoms with van der Waals surface area (Å²) in [6.07, 6.45) is 3.40. The van der Waals surface area contributed by atoms with Crippen LogP contribution in [0.15, 0.2) is 29.2 Å². The first kappa shape index (κ1) is 18.4. The molecular weight excluding hydrogens is 355 g/mol. The van der Waals surface area contributed by atoms with Gasteiger partial charge in [0.25, 0.3) is 0 Å². The molecule has 0 bridgehead atoms. The van der Waals surface area contributed by atoms with E-state index < -0.39 is 11.6 Å². The number of hydrogen-bond donors (Lipinski definition) is 0. The van der Waals surface area contributed by atoms with Crippen LogP contribution < -0.4 is 0 Å². The van der Waals surface area contributed by atoms with Crippen LogP contribution in [0.4, 0.5) is 13.2 Å². The molecule has 5 heteroatoms. The fourth-order valence-electron chi connectivity index (χ4n) is 2.90. The zero-order chi connectivity index (χ0) is 18.7. The van der Waals surface area contributed by atoms with Crippen molar-refractivity contribution in [2.45, 2.75) is 43.4 Å². The van der Waals surface area contributed by atoms with Crippen LogP contribution >= 0.6 is 11.8 Å². The molecular formula is C21H16F3NS. The van der Waals surface area contributed by atoms with Crippen molar-refractivity contribution >= 4 is 11.8 Å². The molecule has 0 aromatic heterocycles. The third-order valence-electron chi connectivity index (χ3n) is 4.25. The van der Waals surface area contributed by atoms with Crippen molar-refractivity contribution in [1.82, 2.24) is 0 Å². The minimum absolute atomic E-state index is 0.155.